The van der Waals surface area contributed by atoms with Crippen molar-refractivity contribution in [3.63, 3.8) is 0 Å². The summed E-state index contributed by atoms with van der Waals surface area (Å²) >= 11 is 0. The number of alkyl halides is 3. The van der Waals surface area contributed by atoms with Crippen LogP contribution in [0, 0.1) is 0 Å². The van der Waals surface area contributed by atoms with Gasteiger partial charge in [-0.3, -0.25) is 0 Å². The molecule has 0 saturated heterocycles. The quantitative estimate of drug-likeness (QED) is 0.909. The highest BCUT2D eigenvalue weighted by molar-refractivity contribution is 5.61. The van der Waals surface area contributed by atoms with Crippen molar-refractivity contribution >= 4 is 5.69 Å². The second-order valence-corrected chi connectivity index (χ2v) is 4.98. The Hall–Kier alpha value is -1.23. The van der Waals surface area contributed by atoms with Gasteiger partial charge >= 0.3 is 6.18 Å². The highest BCUT2D eigenvalue weighted by Gasteiger charge is 2.35. The van der Waals surface area contributed by atoms with E-state index < -0.39 is 11.7 Å². The zero-order valence-corrected chi connectivity index (χ0v) is 11.4. The molecule has 19 heavy (non-hydrogen) atoms. The molecule has 2 unspecified atom stereocenters. The van der Waals surface area contributed by atoms with Crippen LogP contribution in [0.15, 0.2) is 18.2 Å². The van der Waals surface area contributed by atoms with Crippen LogP contribution in [-0.2, 0) is 12.6 Å². The minimum Gasteiger partial charge on any atom is -0.367 e. The molecule has 1 aliphatic rings. The molecule has 0 fully saturated rings. The van der Waals surface area contributed by atoms with Crippen LogP contribution in [0.25, 0.3) is 0 Å². The standard InChI is InChI=1S/C14H19F3N2/c1-4-19-12-6-5-11(14(15,16)17)7-10(12)8-13(19)9(2)18-3/h5-7,9,13,18H,4,8H2,1-3H3. The lowest BCUT2D eigenvalue weighted by Crippen LogP contribution is -2.45. The summed E-state index contributed by atoms with van der Waals surface area (Å²) < 4.78 is 38.2. The minimum atomic E-state index is -4.27. The van der Waals surface area contributed by atoms with Crippen LogP contribution in [0.5, 0.6) is 0 Å². The van der Waals surface area contributed by atoms with E-state index in [-0.39, 0.29) is 12.1 Å². The molecule has 0 aromatic heterocycles. The van der Waals surface area contributed by atoms with Crippen molar-refractivity contribution < 1.29 is 13.2 Å². The number of anilines is 1. The number of hydrogen-bond donors (Lipinski definition) is 1. The Kier molecular flexibility index (Phi) is 3.76. The molecule has 1 N–H and O–H groups in total. The summed E-state index contributed by atoms with van der Waals surface area (Å²) in [5.74, 6) is 0. The fourth-order valence-electron chi connectivity index (χ4n) is 2.76. The first-order valence-corrected chi connectivity index (χ1v) is 6.52. The van der Waals surface area contributed by atoms with Gasteiger partial charge in [0.1, 0.15) is 0 Å². The molecule has 0 amide bonds. The number of halogens is 3. The van der Waals surface area contributed by atoms with Crippen LogP contribution in [-0.4, -0.2) is 25.7 Å². The zero-order valence-electron chi connectivity index (χ0n) is 11.4. The summed E-state index contributed by atoms with van der Waals surface area (Å²) in [5, 5.41) is 3.19. The lowest BCUT2D eigenvalue weighted by atomic mass is 10.0. The molecule has 1 heterocycles. The van der Waals surface area contributed by atoms with Gasteiger partial charge in [0.25, 0.3) is 0 Å². The average Bonchev–Trinajstić information content (AvgIpc) is 2.74. The van der Waals surface area contributed by atoms with E-state index in [0.717, 1.165) is 17.8 Å². The molecule has 0 spiro atoms. The Morgan fingerprint density at radius 2 is 2.11 bits per heavy atom. The van der Waals surface area contributed by atoms with Gasteiger partial charge in [-0.2, -0.15) is 13.2 Å². The van der Waals surface area contributed by atoms with E-state index in [1.165, 1.54) is 12.1 Å². The molecule has 0 aliphatic carbocycles. The van der Waals surface area contributed by atoms with Crippen LogP contribution in [0.1, 0.15) is 25.0 Å². The van der Waals surface area contributed by atoms with Crippen LogP contribution < -0.4 is 10.2 Å². The zero-order chi connectivity index (χ0) is 14.2. The van der Waals surface area contributed by atoms with Gasteiger partial charge in [-0.15, -0.1) is 0 Å². The molecular weight excluding hydrogens is 253 g/mol. The SMILES string of the molecule is CCN1c2ccc(C(F)(F)F)cc2CC1C(C)NC. The summed E-state index contributed by atoms with van der Waals surface area (Å²) in [7, 11) is 1.88. The predicted molar refractivity (Wildman–Crippen MR) is 70.5 cm³/mol. The Morgan fingerprint density at radius 1 is 1.42 bits per heavy atom. The van der Waals surface area contributed by atoms with Gasteiger partial charge in [0.05, 0.1) is 5.56 Å². The normalized spacial score (nSPS) is 20.5. The number of nitrogens with one attached hydrogen (secondary N) is 1. The Balaban J connectivity index is 2.35. The van der Waals surface area contributed by atoms with Gasteiger partial charge in [0.15, 0.2) is 0 Å². The van der Waals surface area contributed by atoms with Crippen molar-refractivity contribution in [2.45, 2.75) is 38.5 Å². The van der Waals surface area contributed by atoms with E-state index in [2.05, 4.69) is 17.1 Å². The lowest BCUT2D eigenvalue weighted by Gasteiger charge is -2.30. The number of likely N-dealkylation sites (N-methyl/N-ethyl adjacent to an activating group) is 2. The third-order valence-electron chi connectivity index (χ3n) is 3.92. The summed E-state index contributed by atoms with van der Waals surface area (Å²) in [6.07, 6.45) is -3.60. The van der Waals surface area contributed by atoms with E-state index in [9.17, 15) is 13.2 Å². The van der Waals surface area contributed by atoms with Gasteiger partial charge in [0.2, 0.25) is 0 Å². The molecule has 2 atom stereocenters. The van der Waals surface area contributed by atoms with Gasteiger partial charge in [-0.25, -0.2) is 0 Å². The maximum atomic E-state index is 12.7. The maximum Gasteiger partial charge on any atom is 0.416 e. The number of fused-ring (bicyclic) bond motifs is 1. The number of rotatable bonds is 3. The number of nitrogens with zero attached hydrogens (tertiary/aromatic N) is 1. The first-order valence-electron chi connectivity index (χ1n) is 6.52. The third kappa shape index (κ3) is 2.56. The molecule has 106 valence electrons. The maximum absolute atomic E-state index is 12.7. The van der Waals surface area contributed by atoms with Crippen molar-refractivity contribution in [3.8, 4) is 0 Å². The molecule has 5 heteroatoms. The van der Waals surface area contributed by atoms with Crippen LogP contribution in [0.3, 0.4) is 0 Å². The fourth-order valence-corrected chi connectivity index (χ4v) is 2.76. The third-order valence-corrected chi connectivity index (χ3v) is 3.92. The first kappa shape index (κ1) is 14.2. The fraction of sp³-hybridized carbons (Fsp3) is 0.571. The molecule has 0 radical (unpaired) electrons. The van der Waals surface area contributed by atoms with Gasteiger partial charge in [0, 0.05) is 24.3 Å². The van der Waals surface area contributed by atoms with E-state index in [0.29, 0.717) is 6.42 Å². The van der Waals surface area contributed by atoms with Crippen LogP contribution >= 0.6 is 0 Å². The Labute approximate surface area is 111 Å². The van der Waals surface area contributed by atoms with Crippen molar-refractivity contribution in [2.24, 2.45) is 0 Å². The molecule has 1 aromatic carbocycles. The van der Waals surface area contributed by atoms with Crippen molar-refractivity contribution in [2.75, 3.05) is 18.5 Å². The molecular formula is C14H19F3N2. The predicted octanol–water partition coefficient (Wildman–Crippen LogP) is 3.06. The molecule has 1 aliphatic heterocycles. The first-order chi connectivity index (χ1) is 8.88. The van der Waals surface area contributed by atoms with Crippen molar-refractivity contribution in [1.29, 1.82) is 0 Å². The second kappa shape index (κ2) is 5.04. The smallest absolute Gasteiger partial charge is 0.367 e. The number of hydrogen-bond acceptors (Lipinski definition) is 2. The van der Waals surface area contributed by atoms with Gasteiger partial charge in [-0.05, 0) is 51.1 Å². The Bertz CT molecular complexity index is 456. The van der Waals surface area contributed by atoms with E-state index in [1.807, 2.05) is 14.0 Å². The monoisotopic (exact) mass is 272 g/mol. The molecule has 0 saturated carbocycles. The highest BCUT2D eigenvalue weighted by atomic mass is 19.4. The summed E-state index contributed by atoms with van der Waals surface area (Å²) in [4.78, 5) is 2.18. The molecule has 2 nitrogen and oxygen atoms in total. The van der Waals surface area contributed by atoms with Gasteiger partial charge < -0.3 is 10.2 Å². The summed E-state index contributed by atoms with van der Waals surface area (Å²) in [6.45, 7) is 4.89. The van der Waals surface area contributed by atoms with Crippen LogP contribution in [0.2, 0.25) is 0 Å². The van der Waals surface area contributed by atoms with Gasteiger partial charge in [-0.1, -0.05) is 0 Å². The largest absolute Gasteiger partial charge is 0.416 e. The highest BCUT2D eigenvalue weighted by Crippen LogP contribution is 2.38. The molecule has 1 aromatic rings. The van der Waals surface area contributed by atoms with Crippen LogP contribution in [0.4, 0.5) is 18.9 Å². The summed E-state index contributed by atoms with van der Waals surface area (Å²) in [5.41, 5.74) is 1.17. The van der Waals surface area contributed by atoms with E-state index >= 15 is 0 Å². The van der Waals surface area contributed by atoms with E-state index in [4.69, 9.17) is 0 Å². The second-order valence-electron chi connectivity index (χ2n) is 4.98. The Morgan fingerprint density at radius 3 is 2.63 bits per heavy atom. The molecule has 0 bridgehead atoms. The van der Waals surface area contributed by atoms with Crippen molar-refractivity contribution in [1.82, 2.24) is 5.32 Å². The lowest BCUT2D eigenvalue weighted by molar-refractivity contribution is -0.137. The summed E-state index contributed by atoms with van der Waals surface area (Å²) in [6, 6.07) is 4.52. The average molecular weight is 272 g/mol. The topological polar surface area (TPSA) is 15.3 Å². The van der Waals surface area contributed by atoms with E-state index in [1.54, 1.807) is 6.07 Å². The number of benzene rings is 1. The molecule has 2 rings (SSSR count). The minimum absolute atomic E-state index is 0.216. The van der Waals surface area contributed by atoms with Crippen molar-refractivity contribution in [3.05, 3.63) is 29.3 Å².